The van der Waals surface area contributed by atoms with Crippen molar-refractivity contribution in [3.63, 3.8) is 0 Å². The molecule has 1 rings (SSSR count). The first-order chi connectivity index (χ1) is 7.74. The first-order valence-electron chi connectivity index (χ1n) is 4.90. The highest BCUT2D eigenvalue weighted by Crippen LogP contribution is 2.21. The number of benzene rings is 1. The Bertz CT molecular complexity index is 376. The van der Waals surface area contributed by atoms with Crippen molar-refractivity contribution >= 4 is 39.3 Å². The Balaban J connectivity index is 2.25. The molecule has 0 saturated heterocycles. The third-order valence-corrected chi connectivity index (χ3v) is 3.65. The highest BCUT2D eigenvalue weighted by Gasteiger charge is 1.99. The zero-order chi connectivity index (χ0) is 11.8. The van der Waals surface area contributed by atoms with E-state index in [1.807, 2.05) is 18.2 Å². The Morgan fingerprint density at radius 1 is 1.50 bits per heavy atom. The molecule has 0 saturated carbocycles. The van der Waals surface area contributed by atoms with Gasteiger partial charge in [0, 0.05) is 28.3 Å². The zero-order valence-corrected chi connectivity index (χ0v) is 12.0. The van der Waals surface area contributed by atoms with Crippen molar-refractivity contribution < 1.29 is 0 Å². The summed E-state index contributed by atoms with van der Waals surface area (Å²) < 4.78 is 1.01. The van der Waals surface area contributed by atoms with Gasteiger partial charge in [-0.3, -0.25) is 0 Å². The van der Waals surface area contributed by atoms with E-state index in [1.165, 1.54) is 0 Å². The maximum Gasteiger partial charge on any atom is 0.0545 e. The van der Waals surface area contributed by atoms with E-state index in [0.29, 0.717) is 0 Å². The monoisotopic (exact) mass is 317 g/mol. The number of terminal acetylenes is 1. The van der Waals surface area contributed by atoms with Gasteiger partial charge in [-0.1, -0.05) is 39.5 Å². The summed E-state index contributed by atoms with van der Waals surface area (Å²) in [5, 5.41) is 4.12. The summed E-state index contributed by atoms with van der Waals surface area (Å²) in [6.07, 6.45) is 5.16. The third kappa shape index (κ3) is 5.27. The first-order valence-corrected chi connectivity index (χ1v) is 7.22. The summed E-state index contributed by atoms with van der Waals surface area (Å²) in [7, 11) is 0. The molecule has 0 aliphatic carbocycles. The van der Waals surface area contributed by atoms with Crippen LogP contribution in [0, 0.1) is 12.3 Å². The quantitative estimate of drug-likeness (QED) is 0.636. The number of hydrogen-bond donors (Lipinski definition) is 1. The van der Waals surface area contributed by atoms with Gasteiger partial charge >= 0.3 is 0 Å². The molecular weight excluding hydrogens is 306 g/mol. The molecule has 86 valence electrons. The van der Waals surface area contributed by atoms with Crippen molar-refractivity contribution in [3.8, 4) is 12.3 Å². The lowest BCUT2D eigenvalue weighted by atomic mass is 10.2. The molecule has 0 bridgehead atoms. The minimum atomic E-state index is 0.778. The molecule has 1 aromatic rings. The van der Waals surface area contributed by atoms with Gasteiger partial charge in [0.1, 0.15) is 0 Å². The van der Waals surface area contributed by atoms with Crippen LogP contribution in [-0.2, 0) is 6.54 Å². The van der Waals surface area contributed by atoms with Crippen LogP contribution in [0.15, 0.2) is 22.7 Å². The van der Waals surface area contributed by atoms with Crippen LogP contribution in [0.1, 0.15) is 5.56 Å². The van der Waals surface area contributed by atoms with E-state index in [2.05, 4.69) is 27.2 Å². The van der Waals surface area contributed by atoms with Crippen molar-refractivity contribution in [1.29, 1.82) is 0 Å². The van der Waals surface area contributed by atoms with Crippen molar-refractivity contribution in [2.24, 2.45) is 0 Å². The fourth-order valence-corrected chi connectivity index (χ4v) is 2.45. The fraction of sp³-hybridized carbons (Fsp3) is 0.333. The number of hydrogen-bond acceptors (Lipinski definition) is 2. The standard InChI is InChI=1S/C12H13BrClNS/c1-2-6-16-7-5-15-9-10-3-4-11(13)8-12(10)14/h1,3-4,8,15H,5-7,9H2. The summed E-state index contributed by atoms with van der Waals surface area (Å²) in [6, 6.07) is 5.93. The second-order valence-corrected chi connectivity index (χ2v) is 5.60. The molecular formula is C12H13BrClNS. The maximum atomic E-state index is 6.09. The Kier molecular flexibility index (Phi) is 6.98. The van der Waals surface area contributed by atoms with Crippen molar-refractivity contribution in [3.05, 3.63) is 33.3 Å². The fourth-order valence-electron chi connectivity index (χ4n) is 1.16. The largest absolute Gasteiger partial charge is 0.312 e. The summed E-state index contributed by atoms with van der Waals surface area (Å²) >= 11 is 11.2. The summed E-state index contributed by atoms with van der Waals surface area (Å²) in [6.45, 7) is 1.74. The van der Waals surface area contributed by atoms with Crippen LogP contribution in [0.3, 0.4) is 0 Å². The zero-order valence-electron chi connectivity index (χ0n) is 8.80. The predicted molar refractivity (Wildman–Crippen MR) is 77.0 cm³/mol. The number of nitrogens with one attached hydrogen (secondary N) is 1. The molecule has 0 fully saturated rings. The lowest BCUT2D eigenvalue weighted by molar-refractivity contribution is 0.732. The maximum absolute atomic E-state index is 6.09. The molecule has 16 heavy (non-hydrogen) atoms. The first kappa shape index (κ1) is 13.9. The van der Waals surface area contributed by atoms with Crippen LogP contribution in [0.25, 0.3) is 0 Å². The molecule has 0 atom stereocenters. The van der Waals surface area contributed by atoms with Gasteiger partial charge in [0.05, 0.1) is 5.75 Å². The van der Waals surface area contributed by atoms with Crippen LogP contribution in [0.4, 0.5) is 0 Å². The van der Waals surface area contributed by atoms with Crippen LogP contribution in [0.2, 0.25) is 5.02 Å². The predicted octanol–water partition coefficient (Wildman–Crippen LogP) is 3.56. The molecule has 1 nitrogen and oxygen atoms in total. The molecule has 0 aliphatic rings. The topological polar surface area (TPSA) is 12.0 Å². The second kappa shape index (κ2) is 8.03. The van der Waals surface area contributed by atoms with Gasteiger partial charge in [-0.25, -0.2) is 0 Å². The highest BCUT2D eigenvalue weighted by atomic mass is 79.9. The molecule has 0 unspecified atom stereocenters. The van der Waals surface area contributed by atoms with Gasteiger partial charge < -0.3 is 5.32 Å². The van der Waals surface area contributed by atoms with Gasteiger partial charge in [0.15, 0.2) is 0 Å². The van der Waals surface area contributed by atoms with Crippen molar-refractivity contribution in [2.45, 2.75) is 6.54 Å². The lowest BCUT2D eigenvalue weighted by Gasteiger charge is -2.06. The van der Waals surface area contributed by atoms with Crippen LogP contribution < -0.4 is 5.32 Å². The molecule has 1 N–H and O–H groups in total. The molecule has 0 radical (unpaired) electrons. The average Bonchev–Trinajstić information content (AvgIpc) is 2.26. The number of halogens is 2. The normalized spacial score (nSPS) is 10.1. The second-order valence-electron chi connectivity index (χ2n) is 3.17. The van der Waals surface area contributed by atoms with E-state index in [4.69, 9.17) is 18.0 Å². The van der Waals surface area contributed by atoms with Crippen molar-refractivity contribution in [1.82, 2.24) is 5.32 Å². The van der Waals surface area contributed by atoms with Gasteiger partial charge in [-0.2, -0.15) is 0 Å². The van der Waals surface area contributed by atoms with E-state index in [-0.39, 0.29) is 0 Å². The van der Waals surface area contributed by atoms with E-state index < -0.39 is 0 Å². The highest BCUT2D eigenvalue weighted by molar-refractivity contribution is 9.10. The molecule has 0 heterocycles. The van der Waals surface area contributed by atoms with E-state index >= 15 is 0 Å². The smallest absolute Gasteiger partial charge is 0.0545 e. The van der Waals surface area contributed by atoms with E-state index in [0.717, 1.165) is 39.7 Å². The molecule has 0 aromatic heterocycles. The Labute approximate surface area is 114 Å². The van der Waals surface area contributed by atoms with Gasteiger partial charge in [0.25, 0.3) is 0 Å². The number of rotatable bonds is 6. The van der Waals surface area contributed by atoms with Crippen LogP contribution >= 0.6 is 39.3 Å². The number of thioether (sulfide) groups is 1. The average molecular weight is 319 g/mol. The van der Waals surface area contributed by atoms with E-state index in [1.54, 1.807) is 11.8 Å². The Morgan fingerprint density at radius 2 is 2.31 bits per heavy atom. The minimum Gasteiger partial charge on any atom is -0.312 e. The van der Waals surface area contributed by atoms with E-state index in [9.17, 15) is 0 Å². The van der Waals surface area contributed by atoms with Crippen molar-refractivity contribution in [2.75, 3.05) is 18.1 Å². The van der Waals surface area contributed by atoms with Gasteiger partial charge in [-0.05, 0) is 17.7 Å². The molecule has 0 aliphatic heterocycles. The Morgan fingerprint density at radius 3 is 3.00 bits per heavy atom. The van der Waals surface area contributed by atoms with Crippen LogP contribution in [0.5, 0.6) is 0 Å². The molecule has 0 amide bonds. The van der Waals surface area contributed by atoms with Gasteiger partial charge in [0.2, 0.25) is 0 Å². The Hall–Kier alpha value is -0.140. The summed E-state index contributed by atoms with van der Waals surface area (Å²) in [5.74, 6) is 4.41. The SMILES string of the molecule is C#CCSCCNCc1ccc(Br)cc1Cl. The third-order valence-electron chi connectivity index (χ3n) is 1.94. The van der Waals surface area contributed by atoms with Crippen LogP contribution in [-0.4, -0.2) is 18.1 Å². The molecule has 4 heteroatoms. The summed E-state index contributed by atoms with van der Waals surface area (Å²) in [5.41, 5.74) is 1.12. The summed E-state index contributed by atoms with van der Waals surface area (Å²) in [4.78, 5) is 0. The lowest BCUT2D eigenvalue weighted by Crippen LogP contribution is -2.16. The van der Waals surface area contributed by atoms with Gasteiger partial charge in [-0.15, -0.1) is 18.2 Å². The molecule has 0 spiro atoms. The minimum absolute atomic E-state index is 0.778. The molecule has 1 aromatic carbocycles.